The Morgan fingerprint density at radius 3 is 2.88 bits per heavy atom. The standard InChI is InChI=1S/C19H23NO5/c1-3-13-5-6-16-14(9-13)15(10-25-16)17(21)20-8-4-7-19(11-20,12-24-2)18(22)23/h5-6,9-10H,3-4,7-8,11-12H2,1-2H3,(H,22,23). The molecule has 0 aliphatic carbocycles. The molecular weight excluding hydrogens is 322 g/mol. The molecule has 1 saturated heterocycles. The molecule has 0 bridgehead atoms. The van der Waals surface area contributed by atoms with Gasteiger partial charge in [-0.25, -0.2) is 0 Å². The molecule has 1 aliphatic heterocycles. The minimum Gasteiger partial charge on any atom is -0.481 e. The zero-order chi connectivity index (χ0) is 18.0. The van der Waals surface area contributed by atoms with Gasteiger partial charge in [0.05, 0.1) is 12.2 Å². The average molecular weight is 345 g/mol. The van der Waals surface area contributed by atoms with Crippen molar-refractivity contribution in [3.8, 4) is 0 Å². The number of benzene rings is 1. The van der Waals surface area contributed by atoms with E-state index in [1.165, 1.54) is 13.4 Å². The second kappa shape index (κ2) is 6.88. The normalized spacial score (nSPS) is 20.8. The van der Waals surface area contributed by atoms with Crippen LogP contribution in [0.1, 0.15) is 35.7 Å². The molecule has 1 unspecified atom stereocenters. The van der Waals surface area contributed by atoms with E-state index >= 15 is 0 Å². The molecule has 1 N–H and O–H groups in total. The number of fused-ring (bicyclic) bond motifs is 1. The number of carbonyl (C=O) groups is 2. The lowest BCUT2D eigenvalue weighted by molar-refractivity contribution is -0.155. The first-order valence-corrected chi connectivity index (χ1v) is 8.52. The molecule has 1 atom stereocenters. The van der Waals surface area contributed by atoms with Crippen LogP contribution in [0.25, 0.3) is 11.0 Å². The smallest absolute Gasteiger partial charge is 0.313 e. The maximum Gasteiger partial charge on any atom is 0.313 e. The van der Waals surface area contributed by atoms with Crippen LogP contribution in [0, 0.1) is 5.41 Å². The van der Waals surface area contributed by atoms with E-state index in [1.54, 1.807) is 4.90 Å². The molecule has 1 aliphatic rings. The van der Waals surface area contributed by atoms with Crippen LogP contribution in [0.3, 0.4) is 0 Å². The van der Waals surface area contributed by atoms with Crippen molar-refractivity contribution >= 4 is 22.8 Å². The van der Waals surface area contributed by atoms with E-state index < -0.39 is 11.4 Å². The fourth-order valence-electron chi connectivity index (χ4n) is 3.57. The number of piperidine rings is 1. The number of hydrogen-bond acceptors (Lipinski definition) is 4. The van der Waals surface area contributed by atoms with Crippen LogP contribution < -0.4 is 0 Å². The fourth-order valence-corrected chi connectivity index (χ4v) is 3.57. The van der Waals surface area contributed by atoms with Gasteiger partial charge in [0.2, 0.25) is 0 Å². The van der Waals surface area contributed by atoms with Crippen LogP contribution in [0.2, 0.25) is 0 Å². The van der Waals surface area contributed by atoms with Crippen molar-refractivity contribution < 1.29 is 23.8 Å². The molecule has 6 nitrogen and oxygen atoms in total. The van der Waals surface area contributed by atoms with Gasteiger partial charge in [0, 0.05) is 25.6 Å². The summed E-state index contributed by atoms with van der Waals surface area (Å²) in [7, 11) is 1.49. The van der Waals surface area contributed by atoms with Gasteiger partial charge in [0.1, 0.15) is 17.3 Å². The van der Waals surface area contributed by atoms with Crippen LogP contribution in [0.5, 0.6) is 0 Å². The molecule has 1 fully saturated rings. The summed E-state index contributed by atoms with van der Waals surface area (Å²) in [5, 5.41) is 10.4. The van der Waals surface area contributed by atoms with Gasteiger partial charge < -0.3 is 19.2 Å². The molecule has 2 aromatic rings. The average Bonchev–Trinajstić information content (AvgIpc) is 3.04. The zero-order valence-corrected chi connectivity index (χ0v) is 14.6. The quantitative estimate of drug-likeness (QED) is 0.901. The highest BCUT2D eigenvalue weighted by Gasteiger charge is 2.44. The summed E-state index contributed by atoms with van der Waals surface area (Å²) < 4.78 is 10.6. The first-order valence-electron chi connectivity index (χ1n) is 8.52. The maximum absolute atomic E-state index is 13.0. The summed E-state index contributed by atoms with van der Waals surface area (Å²) >= 11 is 0. The van der Waals surface area contributed by atoms with Gasteiger partial charge in [-0.1, -0.05) is 13.0 Å². The van der Waals surface area contributed by atoms with Crippen LogP contribution in [0.15, 0.2) is 28.9 Å². The summed E-state index contributed by atoms with van der Waals surface area (Å²) in [4.78, 5) is 26.4. The van der Waals surface area contributed by atoms with Gasteiger partial charge in [0.25, 0.3) is 5.91 Å². The van der Waals surface area contributed by atoms with Crippen LogP contribution >= 0.6 is 0 Å². The Balaban J connectivity index is 1.91. The highest BCUT2D eigenvalue weighted by Crippen LogP contribution is 2.33. The molecule has 0 spiro atoms. The number of rotatable bonds is 5. The lowest BCUT2D eigenvalue weighted by atomic mass is 9.80. The number of aliphatic carboxylic acids is 1. The molecule has 1 amide bonds. The lowest BCUT2D eigenvalue weighted by Crippen LogP contribution is -2.52. The fraction of sp³-hybridized carbons (Fsp3) is 0.474. The number of amides is 1. The Morgan fingerprint density at radius 1 is 1.40 bits per heavy atom. The van der Waals surface area contributed by atoms with Crippen LogP contribution in [0.4, 0.5) is 0 Å². The number of aryl methyl sites for hydroxylation is 1. The first-order chi connectivity index (χ1) is 12.0. The number of likely N-dealkylation sites (tertiary alicyclic amines) is 1. The van der Waals surface area contributed by atoms with Crippen molar-refractivity contribution in [2.24, 2.45) is 5.41 Å². The summed E-state index contributed by atoms with van der Waals surface area (Å²) in [6.45, 7) is 2.84. The SMILES string of the molecule is CCc1ccc2occ(C(=O)N3CCCC(COC)(C(=O)O)C3)c2c1. The number of nitrogens with zero attached hydrogens (tertiary/aromatic N) is 1. The Labute approximate surface area is 146 Å². The molecule has 25 heavy (non-hydrogen) atoms. The monoisotopic (exact) mass is 345 g/mol. The van der Waals surface area contributed by atoms with Crippen molar-refractivity contribution in [2.75, 3.05) is 26.8 Å². The van der Waals surface area contributed by atoms with Crippen LogP contribution in [-0.4, -0.2) is 48.7 Å². The predicted octanol–water partition coefficient (Wildman–Crippen LogP) is 2.95. The van der Waals surface area contributed by atoms with E-state index in [0.29, 0.717) is 30.5 Å². The largest absolute Gasteiger partial charge is 0.481 e. The van der Waals surface area contributed by atoms with E-state index in [0.717, 1.165) is 17.4 Å². The molecule has 1 aromatic heterocycles. The van der Waals surface area contributed by atoms with Gasteiger partial charge >= 0.3 is 5.97 Å². The third-order valence-electron chi connectivity index (χ3n) is 5.01. The number of furan rings is 1. The van der Waals surface area contributed by atoms with E-state index in [9.17, 15) is 14.7 Å². The minimum atomic E-state index is -1.04. The van der Waals surface area contributed by atoms with Gasteiger partial charge in [0.15, 0.2) is 0 Å². The van der Waals surface area contributed by atoms with Crippen LogP contribution in [-0.2, 0) is 16.0 Å². The topological polar surface area (TPSA) is 80.0 Å². The van der Waals surface area contributed by atoms with Crippen molar-refractivity contribution in [1.29, 1.82) is 0 Å². The van der Waals surface area contributed by atoms with Crippen molar-refractivity contribution in [1.82, 2.24) is 4.90 Å². The molecule has 3 rings (SSSR count). The van der Waals surface area contributed by atoms with Gasteiger partial charge in [-0.2, -0.15) is 0 Å². The highest BCUT2D eigenvalue weighted by molar-refractivity contribution is 6.06. The van der Waals surface area contributed by atoms with Crippen molar-refractivity contribution in [3.05, 3.63) is 35.6 Å². The van der Waals surface area contributed by atoms with Gasteiger partial charge in [-0.05, 0) is 37.0 Å². The first kappa shape index (κ1) is 17.5. The third kappa shape index (κ3) is 3.14. The summed E-state index contributed by atoms with van der Waals surface area (Å²) in [5.74, 6) is -1.11. The maximum atomic E-state index is 13.0. The summed E-state index contributed by atoms with van der Waals surface area (Å²) in [6, 6.07) is 5.82. The molecule has 0 radical (unpaired) electrons. The number of methoxy groups -OCH3 is 1. The van der Waals surface area contributed by atoms with Gasteiger partial charge in [-0.3, -0.25) is 9.59 Å². The lowest BCUT2D eigenvalue weighted by Gasteiger charge is -2.39. The van der Waals surface area contributed by atoms with E-state index in [4.69, 9.17) is 9.15 Å². The Morgan fingerprint density at radius 2 is 2.20 bits per heavy atom. The zero-order valence-electron chi connectivity index (χ0n) is 14.6. The van der Waals surface area contributed by atoms with Gasteiger partial charge in [-0.15, -0.1) is 0 Å². The minimum absolute atomic E-state index is 0.0955. The van der Waals surface area contributed by atoms with E-state index in [1.807, 2.05) is 18.2 Å². The Bertz CT molecular complexity index is 792. The third-order valence-corrected chi connectivity index (χ3v) is 5.01. The summed E-state index contributed by atoms with van der Waals surface area (Å²) in [5.41, 5.74) is 1.24. The van der Waals surface area contributed by atoms with E-state index in [2.05, 4.69) is 6.92 Å². The number of carboxylic acids is 1. The Kier molecular flexibility index (Phi) is 4.81. The predicted molar refractivity (Wildman–Crippen MR) is 92.7 cm³/mol. The number of ether oxygens (including phenoxy) is 1. The summed E-state index contributed by atoms with van der Waals surface area (Å²) in [6.07, 6.45) is 3.48. The molecule has 0 saturated carbocycles. The Hall–Kier alpha value is -2.34. The molecule has 134 valence electrons. The number of carboxylic acid groups (broad SMARTS) is 1. The van der Waals surface area contributed by atoms with E-state index in [-0.39, 0.29) is 19.1 Å². The number of hydrogen-bond donors (Lipinski definition) is 1. The second-order valence-electron chi connectivity index (χ2n) is 6.68. The molecule has 6 heteroatoms. The number of carbonyl (C=O) groups excluding carboxylic acids is 1. The molecular formula is C19H23NO5. The van der Waals surface area contributed by atoms with Crippen molar-refractivity contribution in [3.63, 3.8) is 0 Å². The molecule has 1 aromatic carbocycles. The molecule has 2 heterocycles. The van der Waals surface area contributed by atoms with Crippen molar-refractivity contribution in [2.45, 2.75) is 26.2 Å². The highest BCUT2D eigenvalue weighted by atomic mass is 16.5. The second-order valence-corrected chi connectivity index (χ2v) is 6.68.